The molecule has 1 aromatic rings. The van der Waals surface area contributed by atoms with Gasteiger partial charge in [0.1, 0.15) is 6.04 Å². The molecule has 2 N–H and O–H groups in total. The summed E-state index contributed by atoms with van der Waals surface area (Å²) < 4.78 is 50.4. The van der Waals surface area contributed by atoms with Gasteiger partial charge in [0, 0.05) is 0 Å². The number of hydrogen-bond donors (Lipinski definition) is 2. The molecule has 1 aromatic carbocycles. The van der Waals surface area contributed by atoms with E-state index in [2.05, 4.69) is 4.72 Å². The minimum atomic E-state index is -4.12. The molecule has 0 bridgehead atoms. The summed E-state index contributed by atoms with van der Waals surface area (Å²) in [5.41, 5.74) is 0. The van der Waals surface area contributed by atoms with Gasteiger partial charge in [-0.25, -0.2) is 16.8 Å². The summed E-state index contributed by atoms with van der Waals surface area (Å²) in [5, 5.41) is 9.11. The molecule has 0 fully saturated rings. The third-order valence-electron chi connectivity index (χ3n) is 3.30. The summed E-state index contributed by atoms with van der Waals surface area (Å²) in [6.45, 7) is 3.33. The van der Waals surface area contributed by atoms with Crippen LogP contribution in [0.4, 0.5) is 0 Å². The highest BCUT2D eigenvalue weighted by atomic mass is 32.2. The summed E-state index contributed by atoms with van der Waals surface area (Å²) in [6, 6.07) is 3.66. The van der Waals surface area contributed by atoms with E-state index >= 15 is 0 Å². The topological polar surface area (TPSA) is 118 Å². The Bertz CT molecular complexity index is 755. The molecule has 0 radical (unpaired) electrons. The van der Waals surface area contributed by atoms with Crippen molar-refractivity contribution in [2.45, 2.75) is 48.9 Å². The molecule has 9 heteroatoms. The smallest absolute Gasteiger partial charge is 0.321 e. The van der Waals surface area contributed by atoms with Crippen molar-refractivity contribution >= 4 is 25.8 Å². The zero-order valence-corrected chi connectivity index (χ0v) is 14.7. The summed E-state index contributed by atoms with van der Waals surface area (Å²) in [7, 11) is -7.67. The number of rotatable bonds is 9. The summed E-state index contributed by atoms with van der Waals surface area (Å²) in [6.07, 6.45) is 1.46. The maximum absolute atomic E-state index is 12.3. The molecule has 0 aliphatic rings. The molecule has 23 heavy (non-hydrogen) atoms. The van der Waals surface area contributed by atoms with Crippen LogP contribution in [-0.2, 0) is 24.7 Å². The van der Waals surface area contributed by atoms with Gasteiger partial charge in [-0.15, -0.1) is 0 Å². The van der Waals surface area contributed by atoms with Crippen LogP contribution in [0.15, 0.2) is 34.1 Å². The van der Waals surface area contributed by atoms with Crippen LogP contribution < -0.4 is 4.72 Å². The Labute approximate surface area is 136 Å². The number of carboxylic acids is 1. The molecular weight excluding hydrogens is 342 g/mol. The van der Waals surface area contributed by atoms with Gasteiger partial charge in [-0.2, -0.15) is 4.72 Å². The Morgan fingerprint density at radius 3 is 2.30 bits per heavy atom. The summed E-state index contributed by atoms with van der Waals surface area (Å²) in [4.78, 5) is 10.8. The molecule has 1 atom stereocenters. The van der Waals surface area contributed by atoms with E-state index in [1.54, 1.807) is 0 Å². The van der Waals surface area contributed by atoms with E-state index in [1.807, 2.05) is 6.92 Å². The first-order chi connectivity index (χ1) is 10.6. The Balaban J connectivity index is 3.13. The second-order valence-corrected chi connectivity index (χ2v) is 9.02. The first-order valence-electron chi connectivity index (χ1n) is 7.22. The van der Waals surface area contributed by atoms with Crippen LogP contribution in [0, 0.1) is 0 Å². The normalized spacial score (nSPS) is 13.7. The fraction of sp³-hybridized carbons (Fsp3) is 0.500. The molecule has 0 saturated carbocycles. The maximum atomic E-state index is 12.3. The number of aliphatic carboxylic acids is 1. The van der Waals surface area contributed by atoms with E-state index in [-0.39, 0.29) is 22.0 Å². The SMILES string of the molecule is CCCCC(NS(=O)(=O)c1cccc(S(=O)(=O)CC)c1)C(=O)O. The predicted molar refractivity (Wildman–Crippen MR) is 85.4 cm³/mol. The van der Waals surface area contributed by atoms with Gasteiger partial charge in [-0.1, -0.05) is 32.8 Å². The second-order valence-electron chi connectivity index (χ2n) is 5.03. The summed E-state index contributed by atoms with van der Waals surface area (Å²) >= 11 is 0. The molecule has 1 rings (SSSR count). The third kappa shape index (κ3) is 5.29. The van der Waals surface area contributed by atoms with Crippen molar-refractivity contribution in [2.75, 3.05) is 5.75 Å². The largest absolute Gasteiger partial charge is 0.480 e. The lowest BCUT2D eigenvalue weighted by molar-refractivity contribution is -0.139. The van der Waals surface area contributed by atoms with Gasteiger partial charge in [-0.3, -0.25) is 4.79 Å². The van der Waals surface area contributed by atoms with Gasteiger partial charge in [0.25, 0.3) is 0 Å². The zero-order valence-electron chi connectivity index (χ0n) is 13.0. The fourth-order valence-electron chi connectivity index (χ4n) is 1.90. The van der Waals surface area contributed by atoms with Crippen molar-refractivity contribution in [3.63, 3.8) is 0 Å². The molecule has 0 amide bonds. The highest BCUT2D eigenvalue weighted by Gasteiger charge is 2.25. The van der Waals surface area contributed by atoms with Gasteiger partial charge in [0.2, 0.25) is 10.0 Å². The Kier molecular flexibility index (Phi) is 6.72. The van der Waals surface area contributed by atoms with Crippen LogP contribution in [0.3, 0.4) is 0 Å². The molecule has 0 aliphatic carbocycles. The van der Waals surface area contributed by atoms with E-state index in [0.29, 0.717) is 6.42 Å². The zero-order chi connectivity index (χ0) is 17.7. The number of sulfone groups is 1. The van der Waals surface area contributed by atoms with Gasteiger partial charge in [0.05, 0.1) is 15.5 Å². The van der Waals surface area contributed by atoms with Crippen LogP contribution >= 0.6 is 0 Å². The van der Waals surface area contributed by atoms with Crippen molar-refractivity contribution in [2.24, 2.45) is 0 Å². The predicted octanol–water partition coefficient (Wildman–Crippen LogP) is 1.40. The number of nitrogens with one attached hydrogen (secondary N) is 1. The molecule has 7 nitrogen and oxygen atoms in total. The van der Waals surface area contributed by atoms with Crippen LogP contribution in [0.25, 0.3) is 0 Å². The van der Waals surface area contributed by atoms with E-state index < -0.39 is 31.9 Å². The average molecular weight is 363 g/mol. The third-order valence-corrected chi connectivity index (χ3v) is 6.50. The minimum Gasteiger partial charge on any atom is -0.480 e. The molecule has 0 aliphatic heterocycles. The quantitative estimate of drug-likeness (QED) is 0.685. The second kappa shape index (κ2) is 7.89. The lowest BCUT2D eigenvalue weighted by Gasteiger charge is -2.15. The van der Waals surface area contributed by atoms with E-state index in [0.717, 1.165) is 12.5 Å². The maximum Gasteiger partial charge on any atom is 0.321 e. The number of benzene rings is 1. The number of hydrogen-bond acceptors (Lipinski definition) is 5. The fourth-order valence-corrected chi connectivity index (χ4v) is 4.17. The van der Waals surface area contributed by atoms with Crippen molar-refractivity contribution in [3.05, 3.63) is 24.3 Å². The Morgan fingerprint density at radius 2 is 1.78 bits per heavy atom. The van der Waals surface area contributed by atoms with Crippen LogP contribution in [-0.4, -0.2) is 39.7 Å². The molecular formula is C14H21NO6S2. The van der Waals surface area contributed by atoms with Crippen molar-refractivity contribution < 1.29 is 26.7 Å². The van der Waals surface area contributed by atoms with Crippen molar-refractivity contribution in [1.29, 1.82) is 0 Å². The van der Waals surface area contributed by atoms with Gasteiger partial charge < -0.3 is 5.11 Å². The molecule has 0 saturated heterocycles. The molecule has 130 valence electrons. The highest BCUT2D eigenvalue weighted by Crippen LogP contribution is 2.17. The van der Waals surface area contributed by atoms with Gasteiger partial charge >= 0.3 is 5.97 Å². The van der Waals surface area contributed by atoms with Gasteiger partial charge in [-0.05, 0) is 24.6 Å². The molecule has 0 spiro atoms. The number of carboxylic acid groups (broad SMARTS) is 1. The van der Waals surface area contributed by atoms with Crippen molar-refractivity contribution in [3.8, 4) is 0 Å². The lowest BCUT2D eigenvalue weighted by Crippen LogP contribution is -2.40. The molecule has 0 aromatic heterocycles. The van der Waals surface area contributed by atoms with E-state index in [9.17, 15) is 21.6 Å². The van der Waals surface area contributed by atoms with Crippen molar-refractivity contribution in [1.82, 2.24) is 4.72 Å². The highest BCUT2D eigenvalue weighted by molar-refractivity contribution is 7.91. The van der Waals surface area contributed by atoms with Crippen LogP contribution in [0.5, 0.6) is 0 Å². The van der Waals surface area contributed by atoms with E-state index in [4.69, 9.17) is 5.11 Å². The molecule has 0 heterocycles. The Morgan fingerprint density at radius 1 is 1.17 bits per heavy atom. The minimum absolute atomic E-state index is 0.108. The van der Waals surface area contributed by atoms with Crippen LogP contribution in [0.1, 0.15) is 33.1 Å². The number of unbranched alkanes of at least 4 members (excludes halogenated alkanes) is 1. The van der Waals surface area contributed by atoms with Gasteiger partial charge in [0.15, 0.2) is 9.84 Å². The molecule has 1 unspecified atom stereocenters. The monoisotopic (exact) mass is 363 g/mol. The first kappa shape index (κ1) is 19.6. The van der Waals surface area contributed by atoms with E-state index in [1.165, 1.54) is 25.1 Å². The lowest BCUT2D eigenvalue weighted by atomic mass is 10.1. The Hall–Kier alpha value is -1.45. The number of carbonyl (C=O) groups is 1. The standard InChI is InChI=1S/C14H21NO6S2/c1-3-5-9-13(14(16)17)15-23(20,21)12-8-6-7-11(10-12)22(18,19)4-2/h6-8,10,13,15H,3-5,9H2,1-2H3,(H,16,17). The number of sulfonamides is 1. The average Bonchev–Trinajstić information content (AvgIpc) is 2.51. The summed E-state index contributed by atoms with van der Waals surface area (Å²) in [5.74, 6) is -1.42. The first-order valence-corrected chi connectivity index (χ1v) is 10.4. The van der Waals surface area contributed by atoms with Crippen LogP contribution in [0.2, 0.25) is 0 Å².